The van der Waals surface area contributed by atoms with Gasteiger partial charge in [0, 0.05) is 5.69 Å². The van der Waals surface area contributed by atoms with Gasteiger partial charge in [0.05, 0.1) is 13.7 Å². The van der Waals surface area contributed by atoms with Crippen LogP contribution >= 0.6 is 0 Å². The Hall–Kier alpha value is -1.88. The van der Waals surface area contributed by atoms with E-state index >= 15 is 0 Å². The molecule has 1 aromatic carbocycles. The van der Waals surface area contributed by atoms with E-state index in [9.17, 15) is 9.59 Å². The smallest absolute Gasteiger partial charge is 0.322 e. The van der Waals surface area contributed by atoms with Crippen molar-refractivity contribution < 1.29 is 14.3 Å². The fraction of sp³-hybridized carbons (Fsp3) is 0.385. The van der Waals surface area contributed by atoms with Gasteiger partial charge in [-0.25, -0.2) is 0 Å². The first kappa shape index (κ1) is 14.2. The van der Waals surface area contributed by atoms with Crippen LogP contribution in [-0.2, 0) is 20.7 Å². The number of nitrogens with one attached hydrogen (secondary N) is 1. The SMILES string of the molecule is COC(=O)[C@@H](N)Cc1ccc(NCC(C)=O)cc1. The molecule has 0 unspecified atom stereocenters. The number of esters is 1. The van der Waals surface area contributed by atoms with Crippen molar-refractivity contribution in [1.82, 2.24) is 0 Å². The minimum absolute atomic E-state index is 0.0757. The summed E-state index contributed by atoms with van der Waals surface area (Å²) in [4.78, 5) is 22.0. The number of Topliss-reactive ketones (excluding diaryl/α,β-unsaturated/α-hetero) is 1. The molecule has 0 aliphatic heterocycles. The fourth-order valence-electron chi connectivity index (χ4n) is 1.47. The Bertz CT molecular complexity index is 415. The number of hydrogen-bond acceptors (Lipinski definition) is 5. The molecule has 5 heteroatoms. The lowest BCUT2D eigenvalue weighted by molar-refractivity contribution is -0.142. The van der Waals surface area contributed by atoms with E-state index in [4.69, 9.17) is 5.73 Å². The Morgan fingerprint density at radius 2 is 1.94 bits per heavy atom. The standard InChI is InChI=1S/C13H18N2O3/c1-9(16)8-15-11-5-3-10(4-6-11)7-12(14)13(17)18-2/h3-6,12,15H,7-8,14H2,1-2H3/t12-/m0/s1. The quantitative estimate of drug-likeness (QED) is 0.727. The van der Waals surface area contributed by atoms with Crippen molar-refractivity contribution in [2.24, 2.45) is 5.73 Å². The van der Waals surface area contributed by atoms with E-state index in [0.29, 0.717) is 13.0 Å². The van der Waals surface area contributed by atoms with Crippen LogP contribution in [0.1, 0.15) is 12.5 Å². The summed E-state index contributed by atoms with van der Waals surface area (Å²) in [6.45, 7) is 1.83. The molecule has 98 valence electrons. The van der Waals surface area contributed by atoms with Crippen molar-refractivity contribution in [2.75, 3.05) is 19.0 Å². The lowest BCUT2D eigenvalue weighted by atomic mass is 10.1. The molecule has 0 bridgehead atoms. The number of anilines is 1. The van der Waals surface area contributed by atoms with E-state index in [0.717, 1.165) is 11.3 Å². The minimum Gasteiger partial charge on any atom is -0.468 e. The van der Waals surface area contributed by atoms with E-state index < -0.39 is 12.0 Å². The van der Waals surface area contributed by atoms with Gasteiger partial charge in [-0.05, 0) is 31.0 Å². The van der Waals surface area contributed by atoms with E-state index in [1.165, 1.54) is 14.0 Å². The average molecular weight is 250 g/mol. The third-order valence-electron chi connectivity index (χ3n) is 2.45. The van der Waals surface area contributed by atoms with Crippen molar-refractivity contribution in [3.8, 4) is 0 Å². The van der Waals surface area contributed by atoms with Crippen LogP contribution in [-0.4, -0.2) is 31.4 Å². The normalized spacial score (nSPS) is 11.7. The van der Waals surface area contributed by atoms with Gasteiger partial charge < -0.3 is 15.8 Å². The number of rotatable bonds is 6. The van der Waals surface area contributed by atoms with Crippen molar-refractivity contribution in [3.63, 3.8) is 0 Å². The van der Waals surface area contributed by atoms with Crippen molar-refractivity contribution in [2.45, 2.75) is 19.4 Å². The van der Waals surface area contributed by atoms with Crippen LogP contribution in [0.5, 0.6) is 0 Å². The summed E-state index contributed by atoms with van der Waals surface area (Å²) >= 11 is 0. The van der Waals surface area contributed by atoms with Gasteiger partial charge in [0.15, 0.2) is 0 Å². The van der Waals surface area contributed by atoms with Crippen LogP contribution in [0.4, 0.5) is 5.69 Å². The number of carbonyl (C=O) groups excluding carboxylic acids is 2. The highest BCUT2D eigenvalue weighted by Gasteiger charge is 2.13. The number of benzene rings is 1. The van der Waals surface area contributed by atoms with Gasteiger partial charge in [-0.15, -0.1) is 0 Å². The van der Waals surface area contributed by atoms with Crippen LogP contribution in [0.2, 0.25) is 0 Å². The van der Waals surface area contributed by atoms with Crippen LogP contribution in [0, 0.1) is 0 Å². The van der Waals surface area contributed by atoms with Gasteiger partial charge in [0.2, 0.25) is 0 Å². The summed E-state index contributed by atoms with van der Waals surface area (Å²) in [5, 5.41) is 2.99. The van der Waals surface area contributed by atoms with Crippen LogP contribution in [0.25, 0.3) is 0 Å². The lowest BCUT2D eigenvalue weighted by Crippen LogP contribution is -2.33. The molecule has 0 saturated carbocycles. The van der Waals surface area contributed by atoms with Gasteiger partial charge in [-0.3, -0.25) is 9.59 Å². The third kappa shape index (κ3) is 4.55. The second-order valence-electron chi connectivity index (χ2n) is 4.09. The molecule has 0 aromatic heterocycles. The number of hydrogen-bond donors (Lipinski definition) is 2. The average Bonchev–Trinajstić information content (AvgIpc) is 2.36. The van der Waals surface area contributed by atoms with E-state index in [1.54, 1.807) is 0 Å². The van der Waals surface area contributed by atoms with Crippen molar-refractivity contribution in [1.29, 1.82) is 0 Å². The summed E-state index contributed by atoms with van der Waals surface area (Å²) in [5.41, 5.74) is 7.47. The van der Waals surface area contributed by atoms with Gasteiger partial charge in [0.1, 0.15) is 11.8 Å². The molecule has 0 aliphatic carbocycles. The Balaban J connectivity index is 2.54. The highest BCUT2D eigenvalue weighted by Crippen LogP contribution is 2.10. The first-order chi connectivity index (χ1) is 8.52. The molecule has 18 heavy (non-hydrogen) atoms. The van der Waals surface area contributed by atoms with Crippen molar-refractivity contribution >= 4 is 17.4 Å². The second kappa shape index (κ2) is 6.76. The first-order valence-corrected chi connectivity index (χ1v) is 5.68. The maximum atomic E-state index is 11.2. The van der Waals surface area contributed by atoms with E-state index in [1.807, 2.05) is 24.3 Å². The molecule has 0 spiro atoms. The molecule has 1 rings (SSSR count). The highest BCUT2D eigenvalue weighted by atomic mass is 16.5. The zero-order valence-corrected chi connectivity index (χ0v) is 10.6. The number of ketones is 1. The lowest BCUT2D eigenvalue weighted by Gasteiger charge is -2.10. The molecule has 0 amide bonds. The first-order valence-electron chi connectivity index (χ1n) is 5.68. The van der Waals surface area contributed by atoms with Gasteiger partial charge in [0.25, 0.3) is 0 Å². The number of ether oxygens (including phenoxy) is 1. The summed E-state index contributed by atoms with van der Waals surface area (Å²) in [7, 11) is 1.32. The van der Waals surface area contributed by atoms with Crippen LogP contribution in [0.15, 0.2) is 24.3 Å². The number of nitrogens with two attached hydrogens (primary N) is 1. The highest BCUT2D eigenvalue weighted by molar-refractivity contribution is 5.80. The summed E-state index contributed by atoms with van der Waals surface area (Å²) in [6, 6.07) is 6.78. The maximum Gasteiger partial charge on any atom is 0.322 e. The maximum absolute atomic E-state index is 11.2. The predicted molar refractivity (Wildman–Crippen MR) is 69.3 cm³/mol. The molecule has 3 N–H and O–H groups in total. The minimum atomic E-state index is -0.647. The largest absolute Gasteiger partial charge is 0.468 e. The Morgan fingerprint density at radius 3 is 2.44 bits per heavy atom. The molecule has 0 fully saturated rings. The number of carbonyl (C=O) groups is 2. The van der Waals surface area contributed by atoms with Gasteiger partial charge in [-0.1, -0.05) is 12.1 Å². The third-order valence-corrected chi connectivity index (χ3v) is 2.45. The molecule has 0 saturated heterocycles. The molecule has 0 radical (unpaired) electrons. The molecular weight excluding hydrogens is 232 g/mol. The van der Waals surface area contributed by atoms with Crippen LogP contribution < -0.4 is 11.1 Å². The molecule has 5 nitrogen and oxygen atoms in total. The summed E-state index contributed by atoms with van der Waals surface area (Å²) in [6.07, 6.45) is 0.430. The zero-order chi connectivity index (χ0) is 13.5. The van der Waals surface area contributed by atoms with Gasteiger partial charge in [-0.2, -0.15) is 0 Å². The molecule has 1 aromatic rings. The Kier molecular flexibility index (Phi) is 5.32. The predicted octanol–water partition coefficient (Wildman–Crippen LogP) is 0.730. The topological polar surface area (TPSA) is 81.4 Å². The molecule has 0 aliphatic rings. The molecular formula is C13H18N2O3. The summed E-state index contributed by atoms with van der Waals surface area (Å²) < 4.78 is 4.56. The second-order valence-corrected chi connectivity index (χ2v) is 4.09. The zero-order valence-electron chi connectivity index (χ0n) is 10.6. The van der Waals surface area contributed by atoms with Crippen molar-refractivity contribution in [3.05, 3.63) is 29.8 Å². The molecule has 0 heterocycles. The molecule has 1 atom stereocenters. The monoisotopic (exact) mass is 250 g/mol. The van der Waals surface area contributed by atoms with E-state index in [2.05, 4.69) is 10.1 Å². The Labute approximate surface area is 106 Å². The number of methoxy groups -OCH3 is 1. The summed E-state index contributed by atoms with van der Waals surface area (Å²) in [5.74, 6) is -0.347. The Morgan fingerprint density at radius 1 is 1.33 bits per heavy atom. The van der Waals surface area contributed by atoms with Gasteiger partial charge >= 0.3 is 5.97 Å². The van der Waals surface area contributed by atoms with Crippen LogP contribution in [0.3, 0.4) is 0 Å². The van der Waals surface area contributed by atoms with E-state index in [-0.39, 0.29) is 5.78 Å². The fourth-order valence-corrected chi connectivity index (χ4v) is 1.47.